The summed E-state index contributed by atoms with van der Waals surface area (Å²) in [6.45, 7) is 0. The van der Waals surface area contributed by atoms with E-state index in [4.69, 9.17) is 12.2 Å². The third kappa shape index (κ3) is 2.95. The number of aromatic nitrogens is 2. The average Bonchev–Trinajstić information content (AvgIpc) is 2.89. The maximum atomic E-state index is 10.5. The van der Waals surface area contributed by atoms with Crippen molar-refractivity contribution in [3.05, 3.63) is 59.4 Å². The number of carbonyl (C=O) groups excluding carboxylic acids is 1. The number of benzene rings is 2. The first-order valence-electron chi connectivity index (χ1n) is 6.85. The van der Waals surface area contributed by atoms with Crippen LogP contribution < -0.4 is 10.9 Å². The molecule has 0 bridgehead atoms. The van der Waals surface area contributed by atoms with Crippen LogP contribution in [0.1, 0.15) is 0 Å². The van der Waals surface area contributed by atoms with Gasteiger partial charge in [-0.15, -0.1) is 0 Å². The number of aromatic amines is 1. The molecular formula is C16H14N4O2S. The molecule has 0 aliphatic carbocycles. The molecule has 7 heteroatoms. The highest BCUT2D eigenvalue weighted by Crippen LogP contribution is 2.31. The van der Waals surface area contributed by atoms with Crippen molar-refractivity contribution >= 4 is 24.3 Å². The minimum atomic E-state index is 0.0490. The van der Waals surface area contributed by atoms with Crippen LogP contribution in [-0.4, -0.2) is 21.1 Å². The van der Waals surface area contributed by atoms with E-state index < -0.39 is 0 Å². The SMILES string of the molecule is O=CNNc1ccc(-n2c(O)c(-c3ccccc3)[nH]c2=S)cc1. The van der Waals surface area contributed by atoms with E-state index >= 15 is 0 Å². The number of anilines is 1. The largest absolute Gasteiger partial charge is 0.493 e. The Morgan fingerprint density at radius 2 is 1.78 bits per heavy atom. The molecule has 0 saturated carbocycles. The van der Waals surface area contributed by atoms with Crippen molar-refractivity contribution in [1.29, 1.82) is 0 Å². The smallest absolute Gasteiger partial charge is 0.225 e. The maximum absolute atomic E-state index is 10.5. The van der Waals surface area contributed by atoms with E-state index in [0.717, 1.165) is 5.56 Å². The third-order valence-electron chi connectivity index (χ3n) is 3.33. The van der Waals surface area contributed by atoms with Crippen LogP contribution in [0, 0.1) is 4.77 Å². The molecule has 0 unspecified atom stereocenters. The van der Waals surface area contributed by atoms with Crippen LogP contribution in [0.25, 0.3) is 16.9 Å². The van der Waals surface area contributed by atoms with Crippen molar-refractivity contribution in [2.75, 3.05) is 5.43 Å². The fraction of sp³-hybridized carbons (Fsp3) is 0. The summed E-state index contributed by atoms with van der Waals surface area (Å²) in [5, 5.41) is 10.5. The Morgan fingerprint density at radius 1 is 1.09 bits per heavy atom. The van der Waals surface area contributed by atoms with Gasteiger partial charge in [0.25, 0.3) is 0 Å². The summed E-state index contributed by atoms with van der Waals surface area (Å²) in [6.07, 6.45) is 0.550. The van der Waals surface area contributed by atoms with Gasteiger partial charge in [-0.3, -0.25) is 20.2 Å². The van der Waals surface area contributed by atoms with Gasteiger partial charge in [0.2, 0.25) is 12.3 Å². The molecule has 0 aliphatic heterocycles. The zero-order valence-electron chi connectivity index (χ0n) is 12.0. The quantitative estimate of drug-likeness (QED) is 0.330. The van der Waals surface area contributed by atoms with Crippen molar-refractivity contribution in [1.82, 2.24) is 15.0 Å². The summed E-state index contributed by atoms with van der Waals surface area (Å²) >= 11 is 5.32. The Hall–Kier alpha value is -3.06. The van der Waals surface area contributed by atoms with Crippen LogP contribution >= 0.6 is 12.2 Å². The minimum Gasteiger partial charge on any atom is -0.493 e. The van der Waals surface area contributed by atoms with Gasteiger partial charge in [0.05, 0.1) is 11.4 Å². The van der Waals surface area contributed by atoms with Crippen LogP contribution in [0.3, 0.4) is 0 Å². The molecule has 6 nitrogen and oxygen atoms in total. The van der Waals surface area contributed by atoms with Crippen molar-refractivity contribution < 1.29 is 9.90 Å². The van der Waals surface area contributed by atoms with E-state index in [2.05, 4.69) is 15.8 Å². The molecule has 2 aromatic carbocycles. The number of aromatic hydroxyl groups is 1. The highest BCUT2D eigenvalue weighted by atomic mass is 32.1. The van der Waals surface area contributed by atoms with Gasteiger partial charge in [-0.05, 0) is 36.5 Å². The van der Waals surface area contributed by atoms with Crippen LogP contribution in [0.2, 0.25) is 0 Å². The zero-order valence-corrected chi connectivity index (χ0v) is 12.8. The standard InChI is InChI=1S/C16H14N4O2S/c21-10-17-19-12-6-8-13(9-7-12)20-15(22)14(18-16(20)23)11-4-2-1-3-5-11/h1-10,19,22H,(H,17,21)(H,18,23). The molecule has 0 aliphatic rings. The lowest BCUT2D eigenvalue weighted by molar-refractivity contribution is -0.109. The monoisotopic (exact) mass is 326 g/mol. The lowest BCUT2D eigenvalue weighted by Crippen LogP contribution is -2.18. The topological polar surface area (TPSA) is 82.1 Å². The number of hydrazine groups is 1. The van der Waals surface area contributed by atoms with E-state index in [0.29, 0.717) is 28.2 Å². The first kappa shape index (κ1) is 14.9. The van der Waals surface area contributed by atoms with Crippen LogP contribution in [0.4, 0.5) is 5.69 Å². The van der Waals surface area contributed by atoms with E-state index in [1.54, 1.807) is 28.8 Å². The lowest BCUT2D eigenvalue weighted by atomic mass is 10.2. The molecule has 3 rings (SSSR count). The Bertz CT molecular complexity index is 869. The normalized spacial score (nSPS) is 10.3. The Labute approximate surface area is 137 Å². The number of nitrogens with one attached hydrogen (secondary N) is 3. The third-order valence-corrected chi connectivity index (χ3v) is 3.62. The van der Waals surface area contributed by atoms with Gasteiger partial charge < -0.3 is 10.1 Å². The molecule has 0 atom stereocenters. The van der Waals surface area contributed by atoms with Gasteiger partial charge in [0.1, 0.15) is 5.69 Å². The summed E-state index contributed by atoms with van der Waals surface area (Å²) < 4.78 is 1.95. The van der Waals surface area contributed by atoms with E-state index in [9.17, 15) is 9.90 Å². The fourth-order valence-electron chi connectivity index (χ4n) is 2.28. The number of amides is 1. The van der Waals surface area contributed by atoms with Gasteiger partial charge in [-0.1, -0.05) is 30.3 Å². The van der Waals surface area contributed by atoms with Gasteiger partial charge in [0.15, 0.2) is 4.77 Å². The lowest BCUT2D eigenvalue weighted by Gasteiger charge is -2.07. The first-order valence-corrected chi connectivity index (χ1v) is 7.26. The van der Waals surface area contributed by atoms with Gasteiger partial charge >= 0.3 is 0 Å². The number of rotatable bonds is 5. The number of hydrogen-bond donors (Lipinski definition) is 4. The summed E-state index contributed by atoms with van der Waals surface area (Å²) in [6, 6.07) is 16.6. The number of nitrogens with zero attached hydrogens (tertiary/aromatic N) is 1. The van der Waals surface area contributed by atoms with E-state index in [-0.39, 0.29) is 5.88 Å². The van der Waals surface area contributed by atoms with Gasteiger partial charge in [-0.2, -0.15) is 0 Å². The summed E-state index contributed by atoms with van der Waals surface area (Å²) in [7, 11) is 0. The van der Waals surface area contributed by atoms with Crippen molar-refractivity contribution in [3.63, 3.8) is 0 Å². The number of hydrogen-bond acceptors (Lipinski definition) is 4. The molecule has 0 saturated heterocycles. The molecule has 1 aromatic heterocycles. The first-order chi connectivity index (χ1) is 11.2. The molecule has 0 radical (unpaired) electrons. The summed E-state index contributed by atoms with van der Waals surface area (Å²) in [5.74, 6) is 0.0490. The molecule has 116 valence electrons. The number of imidazole rings is 1. The molecular weight excluding hydrogens is 312 g/mol. The molecule has 3 aromatic rings. The van der Waals surface area contributed by atoms with Crippen LogP contribution in [0.5, 0.6) is 5.88 Å². The van der Waals surface area contributed by atoms with Crippen LogP contribution in [0.15, 0.2) is 54.6 Å². The van der Waals surface area contributed by atoms with Gasteiger partial charge in [-0.25, -0.2) is 0 Å². The fourth-order valence-corrected chi connectivity index (χ4v) is 2.57. The highest BCUT2D eigenvalue weighted by molar-refractivity contribution is 7.71. The maximum Gasteiger partial charge on any atom is 0.225 e. The number of carbonyl (C=O) groups is 1. The van der Waals surface area contributed by atoms with Crippen molar-refractivity contribution in [3.8, 4) is 22.8 Å². The average molecular weight is 326 g/mol. The minimum absolute atomic E-state index is 0.0490. The zero-order chi connectivity index (χ0) is 16.2. The van der Waals surface area contributed by atoms with E-state index in [1.807, 2.05) is 30.3 Å². The Morgan fingerprint density at radius 3 is 2.43 bits per heavy atom. The second kappa shape index (κ2) is 6.37. The summed E-state index contributed by atoms with van der Waals surface area (Å²) in [4.78, 5) is 13.3. The molecule has 1 amide bonds. The molecule has 4 N–H and O–H groups in total. The second-order valence-corrected chi connectivity index (χ2v) is 5.15. The Kier molecular flexibility index (Phi) is 4.11. The van der Waals surface area contributed by atoms with Crippen LogP contribution in [-0.2, 0) is 4.79 Å². The molecule has 0 spiro atoms. The van der Waals surface area contributed by atoms with Gasteiger partial charge in [0, 0.05) is 5.56 Å². The van der Waals surface area contributed by atoms with Crippen molar-refractivity contribution in [2.45, 2.75) is 0 Å². The second-order valence-electron chi connectivity index (χ2n) is 4.76. The Balaban J connectivity index is 1.99. The molecule has 1 heterocycles. The van der Waals surface area contributed by atoms with E-state index in [1.165, 1.54) is 0 Å². The predicted molar refractivity (Wildman–Crippen MR) is 90.9 cm³/mol. The highest BCUT2D eigenvalue weighted by Gasteiger charge is 2.13. The molecule has 23 heavy (non-hydrogen) atoms. The van der Waals surface area contributed by atoms with Crippen molar-refractivity contribution in [2.24, 2.45) is 0 Å². The molecule has 0 fully saturated rings. The summed E-state index contributed by atoms with van der Waals surface area (Å²) in [5.41, 5.74) is 7.91. The predicted octanol–water partition coefficient (Wildman–Crippen LogP) is 2.98. The number of H-pyrrole nitrogens is 1.